The largest absolute Gasteiger partial charge is 0.495 e. The molecule has 1 aliphatic rings. The van der Waals surface area contributed by atoms with Crippen LogP contribution in [0.5, 0.6) is 5.75 Å². The van der Waals surface area contributed by atoms with Gasteiger partial charge >= 0.3 is 0 Å². The number of nitrogens with zero attached hydrogens (tertiary/aromatic N) is 1. The second-order valence-corrected chi connectivity index (χ2v) is 11.2. The monoisotopic (exact) mass is 514 g/mol. The first kappa shape index (κ1) is 25.2. The first-order chi connectivity index (χ1) is 16.9. The maximum Gasteiger partial charge on any atom is 0.274 e. The van der Waals surface area contributed by atoms with E-state index in [0.717, 1.165) is 12.1 Å². The van der Waals surface area contributed by atoms with Gasteiger partial charge in [-0.3, -0.25) is 10.2 Å². The highest BCUT2D eigenvalue weighted by atomic mass is 32.2. The summed E-state index contributed by atoms with van der Waals surface area (Å²) in [7, 11) is -2.74. The van der Waals surface area contributed by atoms with Crippen molar-refractivity contribution in [2.24, 2.45) is 0 Å². The van der Waals surface area contributed by atoms with Crippen LogP contribution in [0.3, 0.4) is 0 Å². The quantitative estimate of drug-likeness (QED) is 0.477. The summed E-state index contributed by atoms with van der Waals surface area (Å²) >= 11 is 0. The van der Waals surface area contributed by atoms with Gasteiger partial charge in [0.1, 0.15) is 28.9 Å². The van der Waals surface area contributed by atoms with Gasteiger partial charge in [-0.25, -0.2) is 22.2 Å². The molecule has 0 radical (unpaired) electrons. The van der Waals surface area contributed by atoms with Gasteiger partial charge in [0.2, 0.25) is 0 Å². The first-order valence-corrected chi connectivity index (χ1v) is 12.5. The highest BCUT2D eigenvalue weighted by Gasteiger charge is 2.55. The Balaban J connectivity index is 1.67. The Morgan fingerprint density at radius 1 is 1.08 bits per heavy atom. The molecule has 2 heterocycles. The molecule has 0 bridgehead atoms. The van der Waals surface area contributed by atoms with Crippen molar-refractivity contribution in [2.75, 3.05) is 18.2 Å². The van der Waals surface area contributed by atoms with Crippen LogP contribution in [-0.4, -0.2) is 38.0 Å². The van der Waals surface area contributed by atoms with Gasteiger partial charge in [-0.2, -0.15) is 0 Å². The number of halogens is 2. The molecule has 0 saturated carbocycles. The number of pyridine rings is 1. The Morgan fingerprint density at radius 3 is 2.39 bits per heavy atom. The normalized spacial score (nSPS) is 23.0. The topological polar surface area (TPSA) is 121 Å². The van der Waals surface area contributed by atoms with Crippen molar-refractivity contribution in [1.82, 2.24) is 10.3 Å². The lowest BCUT2D eigenvalue weighted by atomic mass is 9.89. The number of carbonyl (C=O) groups excluding carboxylic acids is 1. The number of benzene rings is 2. The van der Waals surface area contributed by atoms with E-state index < -0.39 is 49.3 Å². The van der Waals surface area contributed by atoms with Crippen LogP contribution in [0.25, 0.3) is 0 Å². The molecule has 8 nitrogen and oxygen atoms in total. The summed E-state index contributed by atoms with van der Waals surface area (Å²) in [6.07, 6.45) is 1.38. The van der Waals surface area contributed by atoms with Crippen LogP contribution in [0, 0.1) is 17.0 Å². The van der Waals surface area contributed by atoms with Gasteiger partial charge in [0, 0.05) is 16.8 Å². The van der Waals surface area contributed by atoms with E-state index in [-0.39, 0.29) is 22.5 Å². The maximum absolute atomic E-state index is 15.0. The second kappa shape index (κ2) is 8.98. The highest BCUT2D eigenvalue weighted by Crippen LogP contribution is 2.42. The van der Waals surface area contributed by atoms with E-state index in [0.29, 0.717) is 5.75 Å². The molecule has 188 valence electrons. The van der Waals surface area contributed by atoms with Gasteiger partial charge in [-0.05, 0) is 50.2 Å². The number of aromatic nitrogens is 1. The molecule has 3 N–H and O–H groups in total. The number of anilines is 1. The fraction of sp³-hybridized carbons (Fsp3) is 0.240. The third-order valence-corrected chi connectivity index (χ3v) is 9.02. The van der Waals surface area contributed by atoms with Crippen LogP contribution in [0.4, 0.5) is 14.5 Å². The number of nitrogens with one attached hydrogen (secondary N) is 3. The molecule has 1 saturated heterocycles. The molecular formula is C25H24F2N4O4S. The Labute approximate surface area is 207 Å². The van der Waals surface area contributed by atoms with E-state index in [1.165, 1.54) is 63.6 Å². The SMILES string of the molecule is COc1ccc(C(=O)Nc2ccc(F)c([C@]3(C)CS(=O)(=O)C(C)(c4ccccc4F)C(=N)N3)c2)nc1. The van der Waals surface area contributed by atoms with Crippen molar-refractivity contribution in [1.29, 1.82) is 5.41 Å². The number of carbonyl (C=O) groups is 1. The van der Waals surface area contributed by atoms with E-state index in [1.807, 2.05) is 0 Å². The predicted octanol–water partition coefficient (Wildman–Crippen LogP) is 3.75. The summed E-state index contributed by atoms with van der Waals surface area (Å²) in [5.41, 5.74) is -1.52. The van der Waals surface area contributed by atoms with Crippen molar-refractivity contribution < 1.29 is 26.7 Å². The molecule has 11 heteroatoms. The zero-order valence-corrected chi connectivity index (χ0v) is 20.5. The summed E-state index contributed by atoms with van der Waals surface area (Å²) in [6.45, 7) is 2.69. The summed E-state index contributed by atoms with van der Waals surface area (Å²) in [6, 6.07) is 12.1. The number of amidine groups is 1. The number of methoxy groups -OCH3 is 1. The molecular weight excluding hydrogens is 490 g/mol. The number of sulfone groups is 1. The first-order valence-electron chi connectivity index (χ1n) is 10.9. The van der Waals surface area contributed by atoms with E-state index in [9.17, 15) is 22.0 Å². The summed E-state index contributed by atoms with van der Waals surface area (Å²) < 4.78 is 59.6. The fourth-order valence-electron chi connectivity index (χ4n) is 4.26. The van der Waals surface area contributed by atoms with Gasteiger partial charge in [-0.15, -0.1) is 0 Å². The Hall–Kier alpha value is -3.86. The van der Waals surface area contributed by atoms with Crippen molar-refractivity contribution in [2.45, 2.75) is 24.1 Å². The highest BCUT2D eigenvalue weighted by molar-refractivity contribution is 7.93. The van der Waals surface area contributed by atoms with Gasteiger partial charge in [0.05, 0.1) is 24.6 Å². The average Bonchev–Trinajstić information content (AvgIpc) is 2.83. The van der Waals surface area contributed by atoms with Crippen molar-refractivity contribution in [3.05, 3.63) is 89.2 Å². The van der Waals surface area contributed by atoms with Crippen LogP contribution in [-0.2, 0) is 20.1 Å². The van der Waals surface area contributed by atoms with Gasteiger partial charge < -0.3 is 15.4 Å². The van der Waals surface area contributed by atoms with E-state index >= 15 is 0 Å². The molecule has 2 atom stereocenters. The Morgan fingerprint density at radius 2 is 1.78 bits per heavy atom. The van der Waals surface area contributed by atoms with Crippen LogP contribution in [0.1, 0.15) is 35.5 Å². The number of ether oxygens (including phenoxy) is 1. The van der Waals surface area contributed by atoms with Crippen LogP contribution in [0.2, 0.25) is 0 Å². The zero-order valence-electron chi connectivity index (χ0n) is 19.7. The molecule has 1 fully saturated rings. The zero-order chi connectivity index (χ0) is 26.3. The molecule has 0 spiro atoms. The minimum Gasteiger partial charge on any atom is -0.495 e. The third kappa shape index (κ3) is 4.19. The number of hydrogen-bond acceptors (Lipinski definition) is 6. The van der Waals surface area contributed by atoms with Crippen molar-refractivity contribution >= 4 is 27.3 Å². The van der Waals surface area contributed by atoms with E-state index in [2.05, 4.69) is 15.6 Å². The molecule has 36 heavy (non-hydrogen) atoms. The molecule has 1 aromatic heterocycles. The van der Waals surface area contributed by atoms with Crippen molar-refractivity contribution in [3.8, 4) is 5.75 Å². The number of hydrogen-bond donors (Lipinski definition) is 3. The number of rotatable bonds is 5. The summed E-state index contributed by atoms with van der Waals surface area (Å²) in [4.78, 5) is 16.6. The Kier molecular flexibility index (Phi) is 6.29. The lowest BCUT2D eigenvalue weighted by Crippen LogP contribution is -2.63. The number of amides is 1. The van der Waals surface area contributed by atoms with Crippen LogP contribution >= 0.6 is 0 Å². The molecule has 0 aliphatic carbocycles. The molecule has 3 aromatic rings. The fourth-order valence-corrected chi connectivity index (χ4v) is 6.40. The maximum atomic E-state index is 15.0. The van der Waals surface area contributed by atoms with Crippen LogP contribution in [0.15, 0.2) is 60.8 Å². The van der Waals surface area contributed by atoms with Gasteiger partial charge in [0.15, 0.2) is 14.6 Å². The molecule has 1 amide bonds. The lowest BCUT2D eigenvalue weighted by Gasteiger charge is -2.45. The minimum absolute atomic E-state index is 0.0769. The average molecular weight is 515 g/mol. The van der Waals surface area contributed by atoms with Gasteiger partial charge in [-0.1, -0.05) is 18.2 Å². The molecule has 1 aliphatic heterocycles. The smallest absolute Gasteiger partial charge is 0.274 e. The van der Waals surface area contributed by atoms with Crippen LogP contribution < -0.4 is 15.4 Å². The second-order valence-electron chi connectivity index (χ2n) is 8.84. The summed E-state index contributed by atoms with van der Waals surface area (Å²) in [5.74, 6) is -2.70. The van der Waals surface area contributed by atoms with E-state index in [1.54, 1.807) is 6.07 Å². The van der Waals surface area contributed by atoms with Gasteiger partial charge in [0.25, 0.3) is 5.91 Å². The third-order valence-electron chi connectivity index (χ3n) is 6.39. The van der Waals surface area contributed by atoms with Crippen molar-refractivity contribution in [3.63, 3.8) is 0 Å². The molecule has 4 rings (SSSR count). The lowest BCUT2D eigenvalue weighted by molar-refractivity contribution is 0.102. The van der Waals surface area contributed by atoms with E-state index in [4.69, 9.17) is 10.1 Å². The molecule has 1 unspecified atom stereocenters. The molecule has 2 aromatic carbocycles. The predicted molar refractivity (Wildman–Crippen MR) is 131 cm³/mol. The standard InChI is InChI=1S/C25H24F2N4O4S/c1-24(14-36(33,34)25(2,23(28)31-24)17-6-4-5-7-19(17)26)18-12-15(8-10-20(18)27)30-22(32)21-11-9-16(35-3)13-29-21/h4-13H,14H2,1-3H3,(H2,28,31)(H,30,32)/t24-,25?/m0/s1. The minimum atomic E-state index is -4.21. The summed E-state index contributed by atoms with van der Waals surface area (Å²) in [5, 5.41) is 14.0. The Bertz CT molecular complexity index is 1460.